The van der Waals surface area contributed by atoms with Gasteiger partial charge in [-0.1, -0.05) is 12.8 Å². The number of aryl methyl sites for hydroxylation is 1. The van der Waals surface area contributed by atoms with Crippen molar-refractivity contribution in [3.05, 3.63) is 17.5 Å². The first-order valence-corrected chi connectivity index (χ1v) is 4.89. The molecule has 1 aliphatic rings. The summed E-state index contributed by atoms with van der Waals surface area (Å²) < 4.78 is 0. The van der Waals surface area contributed by atoms with Crippen LogP contribution in [0.5, 0.6) is 0 Å². The Morgan fingerprint density at radius 3 is 2.85 bits per heavy atom. The summed E-state index contributed by atoms with van der Waals surface area (Å²) in [6.45, 7) is 4.07. The minimum absolute atomic E-state index is 0.244. The van der Waals surface area contributed by atoms with E-state index in [2.05, 4.69) is 17.1 Å². The zero-order chi connectivity index (χ0) is 9.47. The van der Waals surface area contributed by atoms with Crippen LogP contribution in [0.2, 0.25) is 0 Å². The van der Waals surface area contributed by atoms with Gasteiger partial charge in [0, 0.05) is 5.69 Å². The molecule has 0 saturated heterocycles. The van der Waals surface area contributed by atoms with Crippen molar-refractivity contribution in [1.82, 2.24) is 10.2 Å². The summed E-state index contributed by atoms with van der Waals surface area (Å²) in [6.07, 6.45) is 3.75. The van der Waals surface area contributed by atoms with Gasteiger partial charge in [0.05, 0.1) is 11.2 Å². The topological polar surface area (TPSA) is 54.7 Å². The lowest BCUT2D eigenvalue weighted by Crippen LogP contribution is -2.34. The Morgan fingerprint density at radius 1 is 1.69 bits per heavy atom. The van der Waals surface area contributed by atoms with Gasteiger partial charge in [-0.2, -0.15) is 5.10 Å². The van der Waals surface area contributed by atoms with Crippen molar-refractivity contribution in [3.63, 3.8) is 0 Å². The van der Waals surface area contributed by atoms with Crippen molar-refractivity contribution in [3.8, 4) is 0 Å². The van der Waals surface area contributed by atoms with Gasteiger partial charge in [-0.15, -0.1) is 0 Å². The summed E-state index contributed by atoms with van der Waals surface area (Å²) in [4.78, 5) is 0. The molecular weight excluding hydrogens is 162 g/mol. The van der Waals surface area contributed by atoms with Crippen LogP contribution in [-0.4, -0.2) is 10.2 Å². The molecule has 1 saturated carbocycles. The van der Waals surface area contributed by atoms with Crippen molar-refractivity contribution in [2.24, 2.45) is 11.7 Å². The van der Waals surface area contributed by atoms with Crippen LogP contribution in [0.3, 0.4) is 0 Å². The van der Waals surface area contributed by atoms with E-state index in [1.54, 1.807) is 0 Å². The first kappa shape index (κ1) is 8.75. The second-order valence-electron chi connectivity index (χ2n) is 4.50. The minimum Gasteiger partial charge on any atom is -0.320 e. The third-order valence-corrected chi connectivity index (χ3v) is 2.70. The van der Waals surface area contributed by atoms with Gasteiger partial charge in [-0.25, -0.2) is 0 Å². The van der Waals surface area contributed by atoms with Gasteiger partial charge in [0.1, 0.15) is 0 Å². The SMILES string of the molecule is Cc1cc([C@@](C)(N)CC2CC2)n[nH]1. The van der Waals surface area contributed by atoms with Gasteiger partial charge in [-0.3, -0.25) is 5.10 Å². The molecule has 0 aliphatic heterocycles. The molecule has 1 aliphatic carbocycles. The molecule has 0 spiro atoms. The van der Waals surface area contributed by atoms with Gasteiger partial charge in [0.25, 0.3) is 0 Å². The third kappa shape index (κ3) is 1.91. The van der Waals surface area contributed by atoms with Crippen LogP contribution < -0.4 is 5.73 Å². The zero-order valence-electron chi connectivity index (χ0n) is 8.30. The molecule has 3 N–H and O–H groups in total. The monoisotopic (exact) mass is 179 g/mol. The van der Waals surface area contributed by atoms with E-state index in [9.17, 15) is 0 Å². The van der Waals surface area contributed by atoms with Gasteiger partial charge in [0.2, 0.25) is 0 Å². The highest BCUT2D eigenvalue weighted by atomic mass is 15.1. The summed E-state index contributed by atoms with van der Waals surface area (Å²) in [6, 6.07) is 2.04. The summed E-state index contributed by atoms with van der Waals surface area (Å²) in [5, 5.41) is 7.16. The van der Waals surface area contributed by atoms with Crippen molar-refractivity contribution < 1.29 is 0 Å². The molecule has 1 atom stereocenters. The molecule has 0 radical (unpaired) electrons. The van der Waals surface area contributed by atoms with Crippen molar-refractivity contribution in [2.45, 2.75) is 38.6 Å². The number of nitrogens with one attached hydrogen (secondary N) is 1. The van der Waals surface area contributed by atoms with Gasteiger partial charge < -0.3 is 5.73 Å². The molecular formula is C10H17N3. The maximum absolute atomic E-state index is 6.21. The number of aromatic amines is 1. The highest BCUT2D eigenvalue weighted by Gasteiger charge is 2.33. The Morgan fingerprint density at radius 2 is 2.38 bits per heavy atom. The number of H-pyrrole nitrogens is 1. The average Bonchev–Trinajstić information content (AvgIpc) is 2.70. The number of hydrogen-bond donors (Lipinski definition) is 2. The van der Waals surface area contributed by atoms with Gasteiger partial charge >= 0.3 is 0 Å². The predicted molar refractivity (Wildman–Crippen MR) is 52.2 cm³/mol. The van der Waals surface area contributed by atoms with E-state index < -0.39 is 0 Å². The maximum atomic E-state index is 6.21. The molecule has 0 bridgehead atoms. The maximum Gasteiger partial charge on any atom is 0.0820 e. The predicted octanol–water partition coefficient (Wildman–Crippen LogP) is 1.69. The molecule has 0 unspecified atom stereocenters. The van der Waals surface area contributed by atoms with Crippen LogP contribution in [-0.2, 0) is 5.54 Å². The summed E-state index contributed by atoms with van der Waals surface area (Å²) >= 11 is 0. The van der Waals surface area contributed by atoms with E-state index in [1.165, 1.54) is 12.8 Å². The number of aromatic nitrogens is 2. The highest BCUT2D eigenvalue weighted by Crippen LogP contribution is 2.38. The molecule has 3 heteroatoms. The molecule has 1 aromatic rings. The molecule has 72 valence electrons. The normalized spacial score (nSPS) is 21.5. The fourth-order valence-electron chi connectivity index (χ4n) is 1.74. The molecule has 2 rings (SSSR count). The highest BCUT2D eigenvalue weighted by molar-refractivity contribution is 5.16. The van der Waals surface area contributed by atoms with Crippen LogP contribution in [0.4, 0.5) is 0 Å². The Bertz CT molecular complexity index is 297. The second kappa shape index (κ2) is 2.84. The van der Waals surface area contributed by atoms with E-state index in [0.29, 0.717) is 0 Å². The van der Waals surface area contributed by atoms with Crippen molar-refractivity contribution in [2.75, 3.05) is 0 Å². The summed E-state index contributed by atoms with van der Waals surface area (Å²) in [5.74, 6) is 0.840. The first-order chi connectivity index (χ1) is 6.08. The Balaban J connectivity index is 2.12. The molecule has 1 fully saturated rings. The fraction of sp³-hybridized carbons (Fsp3) is 0.700. The smallest absolute Gasteiger partial charge is 0.0820 e. The van der Waals surface area contributed by atoms with Crippen LogP contribution >= 0.6 is 0 Å². The Hall–Kier alpha value is -0.830. The average molecular weight is 179 g/mol. The fourth-order valence-corrected chi connectivity index (χ4v) is 1.74. The van der Waals surface area contributed by atoms with Crippen molar-refractivity contribution >= 4 is 0 Å². The molecule has 1 aromatic heterocycles. The molecule has 1 heterocycles. The quantitative estimate of drug-likeness (QED) is 0.742. The number of nitrogens with zero attached hydrogens (tertiary/aromatic N) is 1. The number of nitrogens with two attached hydrogens (primary N) is 1. The number of hydrogen-bond acceptors (Lipinski definition) is 2. The van der Waals surface area contributed by atoms with Crippen LogP contribution in [0, 0.1) is 12.8 Å². The van der Waals surface area contributed by atoms with E-state index in [4.69, 9.17) is 5.73 Å². The standard InChI is InChI=1S/C10H17N3/c1-7-5-9(13-12-7)10(2,11)6-8-3-4-8/h5,8H,3-4,6,11H2,1-2H3,(H,12,13)/t10-/m0/s1. The lowest BCUT2D eigenvalue weighted by atomic mass is 9.92. The van der Waals surface area contributed by atoms with E-state index in [1.807, 2.05) is 13.0 Å². The summed E-state index contributed by atoms with van der Waals surface area (Å²) in [7, 11) is 0. The van der Waals surface area contributed by atoms with Gasteiger partial charge in [0.15, 0.2) is 0 Å². The molecule has 0 amide bonds. The Kier molecular flexibility index (Phi) is 1.91. The van der Waals surface area contributed by atoms with E-state index in [0.717, 1.165) is 23.7 Å². The molecule has 3 nitrogen and oxygen atoms in total. The molecule has 13 heavy (non-hydrogen) atoms. The number of rotatable bonds is 3. The third-order valence-electron chi connectivity index (χ3n) is 2.70. The lowest BCUT2D eigenvalue weighted by Gasteiger charge is -2.21. The Labute approximate surface area is 78.7 Å². The van der Waals surface area contributed by atoms with Gasteiger partial charge in [-0.05, 0) is 32.3 Å². The van der Waals surface area contributed by atoms with Crippen LogP contribution in [0.1, 0.15) is 37.6 Å². The van der Waals surface area contributed by atoms with Crippen LogP contribution in [0.25, 0.3) is 0 Å². The first-order valence-electron chi connectivity index (χ1n) is 4.89. The van der Waals surface area contributed by atoms with Crippen molar-refractivity contribution in [1.29, 1.82) is 0 Å². The van der Waals surface area contributed by atoms with E-state index >= 15 is 0 Å². The lowest BCUT2D eigenvalue weighted by molar-refractivity contribution is 0.411. The molecule has 0 aromatic carbocycles. The zero-order valence-corrected chi connectivity index (χ0v) is 8.30. The second-order valence-corrected chi connectivity index (χ2v) is 4.50. The summed E-state index contributed by atoms with van der Waals surface area (Å²) in [5.41, 5.74) is 8.05. The minimum atomic E-state index is -0.244. The largest absolute Gasteiger partial charge is 0.320 e. The van der Waals surface area contributed by atoms with Crippen LogP contribution in [0.15, 0.2) is 6.07 Å². The van der Waals surface area contributed by atoms with E-state index in [-0.39, 0.29) is 5.54 Å².